The summed E-state index contributed by atoms with van der Waals surface area (Å²) in [5, 5.41) is 3.12. The van der Waals surface area contributed by atoms with Crippen molar-refractivity contribution < 1.29 is 13.5 Å². The summed E-state index contributed by atoms with van der Waals surface area (Å²) in [4.78, 5) is 0. The molecule has 0 radical (unpaired) electrons. The average molecular weight is 257 g/mol. The van der Waals surface area contributed by atoms with Crippen LogP contribution in [0.15, 0.2) is 18.2 Å². The highest BCUT2D eigenvalue weighted by molar-refractivity contribution is 5.22. The average Bonchev–Trinajstić information content (AvgIpc) is 2.35. The molecule has 0 aliphatic rings. The van der Waals surface area contributed by atoms with Crippen molar-refractivity contribution >= 4 is 0 Å². The third-order valence-corrected chi connectivity index (χ3v) is 2.94. The van der Waals surface area contributed by atoms with Crippen LogP contribution >= 0.6 is 0 Å². The second-order valence-corrected chi connectivity index (χ2v) is 4.22. The SMILES string of the molecule is CCCC(OCC)C(NC)c1ccc(F)c(F)c1. The van der Waals surface area contributed by atoms with Crippen molar-refractivity contribution in [2.24, 2.45) is 0 Å². The van der Waals surface area contributed by atoms with E-state index >= 15 is 0 Å². The van der Waals surface area contributed by atoms with Gasteiger partial charge in [0.2, 0.25) is 0 Å². The Balaban J connectivity index is 2.94. The van der Waals surface area contributed by atoms with Gasteiger partial charge in [0.05, 0.1) is 12.1 Å². The maximum Gasteiger partial charge on any atom is 0.159 e. The van der Waals surface area contributed by atoms with Crippen LogP contribution in [0.1, 0.15) is 38.3 Å². The summed E-state index contributed by atoms with van der Waals surface area (Å²) in [5.74, 6) is -1.64. The number of likely N-dealkylation sites (N-methyl/N-ethyl adjacent to an activating group) is 1. The second-order valence-electron chi connectivity index (χ2n) is 4.22. The van der Waals surface area contributed by atoms with Crippen molar-refractivity contribution in [3.05, 3.63) is 35.4 Å². The minimum atomic E-state index is -0.822. The Labute approximate surface area is 107 Å². The van der Waals surface area contributed by atoms with E-state index in [1.54, 1.807) is 13.1 Å². The van der Waals surface area contributed by atoms with Gasteiger partial charge in [-0.15, -0.1) is 0 Å². The molecule has 0 aliphatic heterocycles. The fourth-order valence-electron chi connectivity index (χ4n) is 2.12. The van der Waals surface area contributed by atoms with Gasteiger partial charge in [-0.25, -0.2) is 8.78 Å². The first kappa shape index (κ1) is 15.1. The summed E-state index contributed by atoms with van der Waals surface area (Å²) < 4.78 is 31.9. The van der Waals surface area contributed by atoms with Crippen molar-refractivity contribution in [1.29, 1.82) is 0 Å². The van der Waals surface area contributed by atoms with Gasteiger partial charge in [-0.1, -0.05) is 19.4 Å². The summed E-state index contributed by atoms with van der Waals surface area (Å²) in [6.45, 7) is 4.61. The lowest BCUT2D eigenvalue weighted by atomic mass is 9.98. The van der Waals surface area contributed by atoms with Gasteiger partial charge >= 0.3 is 0 Å². The first-order valence-corrected chi connectivity index (χ1v) is 6.37. The standard InChI is InChI=1S/C14H21F2NO/c1-4-6-13(18-5-2)14(17-3)10-7-8-11(15)12(16)9-10/h7-9,13-14,17H,4-6H2,1-3H3. The van der Waals surface area contributed by atoms with E-state index < -0.39 is 11.6 Å². The second kappa shape index (κ2) is 7.44. The lowest BCUT2D eigenvalue weighted by Gasteiger charge is -2.27. The van der Waals surface area contributed by atoms with Gasteiger partial charge in [0.25, 0.3) is 0 Å². The lowest BCUT2D eigenvalue weighted by molar-refractivity contribution is 0.0294. The molecule has 0 amide bonds. The number of nitrogens with one attached hydrogen (secondary N) is 1. The monoisotopic (exact) mass is 257 g/mol. The fraction of sp³-hybridized carbons (Fsp3) is 0.571. The van der Waals surface area contributed by atoms with Crippen LogP contribution in [0, 0.1) is 11.6 Å². The van der Waals surface area contributed by atoms with E-state index in [0.29, 0.717) is 12.2 Å². The summed E-state index contributed by atoms with van der Waals surface area (Å²) in [5.41, 5.74) is 0.711. The number of benzene rings is 1. The number of ether oxygens (including phenoxy) is 1. The van der Waals surface area contributed by atoms with Gasteiger partial charge in [-0.2, -0.15) is 0 Å². The molecule has 0 aromatic heterocycles. The Kier molecular flexibility index (Phi) is 6.22. The Morgan fingerprint density at radius 2 is 1.94 bits per heavy atom. The topological polar surface area (TPSA) is 21.3 Å². The largest absolute Gasteiger partial charge is 0.377 e. The molecule has 0 fully saturated rings. The molecule has 1 aromatic rings. The van der Waals surface area contributed by atoms with Gasteiger partial charge in [0.15, 0.2) is 11.6 Å². The Morgan fingerprint density at radius 1 is 1.22 bits per heavy atom. The first-order valence-electron chi connectivity index (χ1n) is 6.37. The molecule has 1 N–H and O–H groups in total. The molecule has 102 valence electrons. The zero-order valence-corrected chi connectivity index (χ0v) is 11.2. The van der Waals surface area contributed by atoms with Gasteiger partial charge in [0.1, 0.15) is 0 Å². The zero-order chi connectivity index (χ0) is 13.5. The number of hydrogen-bond acceptors (Lipinski definition) is 2. The molecule has 0 heterocycles. The third kappa shape index (κ3) is 3.75. The Bertz CT molecular complexity index is 365. The molecule has 0 saturated heterocycles. The van der Waals surface area contributed by atoms with E-state index in [1.807, 2.05) is 6.92 Å². The highest BCUT2D eigenvalue weighted by atomic mass is 19.2. The molecule has 1 rings (SSSR count). The quantitative estimate of drug-likeness (QED) is 0.808. The summed E-state index contributed by atoms with van der Waals surface area (Å²) in [6.07, 6.45) is 1.82. The molecule has 18 heavy (non-hydrogen) atoms. The van der Waals surface area contributed by atoms with Crippen molar-refractivity contribution in [3.63, 3.8) is 0 Å². The van der Waals surface area contributed by atoms with E-state index in [2.05, 4.69) is 12.2 Å². The molecule has 1 aromatic carbocycles. The zero-order valence-electron chi connectivity index (χ0n) is 11.2. The van der Waals surface area contributed by atoms with Gasteiger partial charge < -0.3 is 10.1 Å². The van der Waals surface area contributed by atoms with Crippen LogP contribution in [-0.2, 0) is 4.74 Å². The Hall–Kier alpha value is -1.00. The lowest BCUT2D eigenvalue weighted by Crippen LogP contribution is -2.32. The summed E-state index contributed by atoms with van der Waals surface area (Å²) in [7, 11) is 1.80. The molecule has 0 spiro atoms. The molecule has 2 unspecified atom stereocenters. The van der Waals surface area contributed by atoms with E-state index in [4.69, 9.17) is 4.74 Å². The van der Waals surface area contributed by atoms with E-state index in [0.717, 1.165) is 18.9 Å². The van der Waals surface area contributed by atoms with Crippen molar-refractivity contribution in [1.82, 2.24) is 5.32 Å². The number of halogens is 2. The fourth-order valence-corrected chi connectivity index (χ4v) is 2.12. The summed E-state index contributed by atoms with van der Waals surface area (Å²) >= 11 is 0. The Morgan fingerprint density at radius 3 is 2.44 bits per heavy atom. The third-order valence-electron chi connectivity index (χ3n) is 2.94. The van der Waals surface area contributed by atoms with Crippen LogP contribution in [0.3, 0.4) is 0 Å². The predicted octanol–water partition coefficient (Wildman–Crippen LogP) is 3.43. The number of hydrogen-bond donors (Lipinski definition) is 1. The summed E-state index contributed by atoms with van der Waals surface area (Å²) in [6, 6.07) is 3.86. The molecule has 2 nitrogen and oxygen atoms in total. The van der Waals surface area contributed by atoms with Crippen molar-refractivity contribution in [3.8, 4) is 0 Å². The van der Waals surface area contributed by atoms with Crippen molar-refractivity contribution in [2.45, 2.75) is 38.8 Å². The molecule has 2 atom stereocenters. The van der Waals surface area contributed by atoms with E-state index in [1.165, 1.54) is 6.07 Å². The number of rotatable bonds is 7. The molecule has 0 bridgehead atoms. The first-order chi connectivity index (χ1) is 8.63. The van der Waals surface area contributed by atoms with Crippen LogP contribution in [0.2, 0.25) is 0 Å². The molecule has 4 heteroatoms. The highest BCUT2D eigenvalue weighted by Gasteiger charge is 2.22. The van der Waals surface area contributed by atoms with Crippen LogP contribution < -0.4 is 5.32 Å². The maximum atomic E-state index is 13.3. The molecule has 0 aliphatic carbocycles. The smallest absolute Gasteiger partial charge is 0.159 e. The highest BCUT2D eigenvalue weighted by Crippen LogP contribution is 2.24. The molecule has 0 saturated carbocycles. The predicted molar refractivity (Wildman–Crippen MR) is 68.5 cm³/mol. The van der Waals surface area contributed by atoms with Crippen LogP contribution in [0.4, 0.5) is 8.78 Å². The van der Waals surface area contributed by atoms with Crippen LogP contribution in [-0.4, -0.2) is 19.8 Å². The minimum Gasteiger partial charge on any atom is -0.377 e. The molecular formula is C14H21F2NO. The minimum absolute atomic E-state index is 0.0325. The normalized spacial score (nSPS) is 14.5. The van der Waals surface area contributed by atoms with Gasteiger partial charge in [-0.05, 0) is 38.1 Å². The van der Waals surface area contributed by atoms with Crippen LogP contribution in [0.25, 0.3) is 0 Å². The molecular weight excluding hydrogens is 236 g/mol. The maximum absolute atomic E-state index is 13.3. The van der Waals surface area contributed by atoms with Gasteiger partial charge in [-0.3, -0.25) is 0 Å². The van der Waals surface area contributed by atoms with Gasteiger partial charge in [0, 0.05) is 6.61 Å². The van der Waals surface area contributed by atoms with Crippen LogP contribution in [0.5, 0.6) is 0 Å². The van der Waals surface area contributed by atoms with Crippen molar-refractivity contribution in [2.75, 3.05) is 13.7 Å². The van der Waals surface area contributed by atoms with E-state index in [9.17, 15) is 8.78 Å². The van der Waals surface area contributed by atoms with E-state index in [-0.39, 0.29) is 12.1 Å².